The van der Waals surface area contributed by atoms with E-state index in [1.54, 1.807) is 18.2 Å². The summed E-state index contributed by atoms with van der Waals surface area (Å²) in [4.78, 5) is 38.6. The number of fused-ring (bicyclic) bond motifs is 1. The van der Waals surface area contributed by atoms with Crippen molar-refractivity contribution in [2.45, 2.75) is 13.5 Å². The van der Waals surface area contributed by atoms with E-state index in [0.717, 1.165) is 4.57 Å². The summed E-state index contributed by atoms with van der Waals surface area (Å²) in [6.45, 7) is 2.38. The Balaban J connectivity index is 2.12. The molecule has 0 radical (unpaired) electrons. The van der Waals surface area contributed by atoms with E-state index < -0.39 is 17.2 Å². The minimum Gasteiger partial charge on any atom is -0.494 e. The molecule has 7 heteroatoms. The molecule has 0 atom stereocenters. The Kier molecular flexibility index (Phi) is 4.38. The van der Waals surface area contributed by atoms with Crippen LogP contribution in [0.4, 0.5) is 0 Å². The SMILES string of the molecule is CCOc1ccccc1Cn1c(=O)[nH]c2cc(C(=O)O)ccc2c1=O. The molecular formula is C18H16N2O5. The Labute approximate surface area is 142 Å². The van der Waals surface area contributed by atoms with Gasteiger partial charge >= 0.3 is 11.7 Å². The molecule has 0 fully saturated rings. The van der Waals surface area contributed by atoms with Crippen LogP contribution in [0.3, 0.4) is 0 Å². The van der Waals surface area contributed by atoms with Crippen molar-refractivity contribution < 1.29 is 14.6 Å². The largest absolute Gasteiger partial charge is 0.494 e. The molecule has 0 aliphatic rings. The van der Waals surface area contributed by atoms with Crippen LogP contribution in [-0.4, -0.2) is 27.2 Å². The highest BCUT2D eigenvalue weighted by molar-refractivity contribution is 5.92. The maximum Gasteiger partial charge on any atom is 0.335 e. The van der Waals surface area contributed by atoms with E-state index in [1.807, 2.05) is 13.0 Å². The molecule has 0 unspecified atom stereocenters. The molecule has 25 heavy (non-hydrogen) atoms. The number of aromatic carboxylic acids is 1. The smallest absolute Gasteiger partial charge is 0.335 e. The van der Waals surface area contributed by atoms with Crippen molar-refractivity contribution in [3.05, 3.63) is 74.4 Å². The summed E-state index contributed by atoms with van der Waals surface area (Å²) in [5.41, 5.74) is -0.182. The fourth-order valence-electron chi connectivity index (χ4n) is 2.63. The van der Waals surface area contributed by atoms with Crippen LogP contribution in [0.5, 0.6) is 5.75 Å². The topological polar surface area (TPSA) is 101 Å². The van der Waals surface area contributed by atoms with Gasteiger partial charge in [-0.25, -0.2) is 9.59 Å². The van der Waals surface area contributed by atoms with E-state index in [2.05, 4.69) is 4.98 Å². The fourth-order valence-corrected chi connectivity index (χ4v) is 2.63. The lowest BCUT2D eigenvalue weighted by Crippen LogP contribution is -2.35. The number of hydrogen-bond acceptors (Lipinski definition) is 4. The van der Waals surface area contributed by atoms with Gasteiger partial charge in [0, 0.05) is 5.56 Å². The van der Waals surface area contributed by atoms with Gasteiger partial charge < -0.3 is 14.8 Å². The molecule has 0 aliphatic heterocycles. The second-order valence-corrected chi connectivity index (χ2v) is 5.43. The summed E-state index contributed by atoms with van der Waals surface area (Å²) in [5, 5.41) is 9.27. The lowest BCUT2D eigenvalue weighted by Gasteiger charge is -2.11. The number of hydrogen-bond donors (Lipinski definition) is 2. The number of aromatic amines is 1. The molecule has 0 saturated carbocycles. The zero-order chi connectivity index (χ0) is 18.0. The Hall–Kier alpha value is -3.35. The van der Waals surface area contributed by atoms with E-state index in [9.17, 15) is 14.4 Å². The van der Waals surface area contributed by atoms with Crippen LogP contribution in [0, 0.1) is 0 Å². The first-order valence-corrected chi connectivity index (χ1v) is 7.72. The van der Waals surface area contributed by atoms with Crippen molar-refractivity contribution in [1.29, 1.82) is 0 Å². The van der Waals surface area contributed by atoms with Crippen LogP contribution in [0.15, 0.2) is 52.1 Å². The minimum absolute atomic E-state index is 0.00184. The van der Waals surface area contributed by atoms with Gasteiger partial charge in [-0.1, -0.05) is 18.2 Å². The maximum absolute atomic E-state index is 12.7. The average molecular weight is 340 g/mol. The van der Waals surface area contributed by atoms with E-state index in [-0.39, 0.29) is 23.0 Å². The second kappa shape index (κ2) is 6.64. The predicted molar refractivity (Wildman–Crippen MR) is 92.5 cm³/mol. The van der Waals surface area contributed by atoms with E-state index >= 15 is 0 Å². The van der Waals surface area contributed by atoms with E-state index in [0.29, 0.717) is 17.9 Å². The lowest BCUT2D eigenvalue weighted by atomic mass is 10.1. The summed E-state index contributed by atoms with van der Waals surface area (Å²) in [5.74, 6) is -0.518. The third kappa shape index (κ3) is 3.16. The number of nitrogens with one attached hydrogen (secondary N) is 1. The van der Waals surface area contributed by atoms with Gasteiger partial charge in [0.15, 0.2) is 0 Å². The normalized spacial score (nSPS) is 10.8. The number of nitrogens with zero attached hydrogens (tertiary/aromatic N) is 1. The van der Waals surface area contributed by atoms with E-state index in [4.69, 9.17) is 9.84 Å². The average Bonchev–Trinajstić information content (AvgIpc) is 2.59. The molecule has 0 saturated heterocycles. The number of carboxylic acid groups (broad SMARTS) is 1. The number of carboxylic acids is 1. The number of aromatic nitrogens is 2. The number of carbonyl (C=O) groups is 1. The third-order valence-electron chi connectivity index (χ3n) is 3.83. The molecule has 7 nitrogen and oxygen atoms in total. The van der Waals surface area contributed by atoms with Crippen molar-refractivity contribution >= 4 is 16.9 Å². The van der Waals surface area contributed by atoms with Crippen LogP contribution in [0.2, 0.25) is 0 Å². The molecule has 1 heterocycles. The Morgan fingerprint density at radius 1 is 1.20 bits per heavy atom. The molecule has 0 bridgehead atoms. The molecule has 2 N–H and O–H groups in total. The predicted octanol–water partition coefficient (Wildman–Crippen LogP) is 1.83. The molecule has 3 rings (SSSR count). The van der Waals surface area contributed by atoms with Gasteiger partial charge in [0.05, 0.1) is 29.6 Å². The molecule has 1 aromatic heterocycles. The first-order valence-electron chi connectivity index (χ1n) is 7.72. The van der Waals surface area contributed by atoms with Gasteiger partial charge in [-0.3, -0.25) is 9.36 Å². The van der Waals surface area contributed by atoms with Crippen molar-refractivity contribution in [3.63, 3.8) is 0 Å². The fraction of sp³-hybridized carbons (Fsp3) is 0.167. The first kappa shape index (κ1) is 16.5. The second-order valence-electron chi connectivity index (χ2n) is 5.43. The molecule has 0 spiro atoms. The minimum atomic E-state index is -1.13. The number of H-pyrrole nitrogens is 1. The van der Waals surface area contributed by atoms with Crippen molar-refractivity contribution in [2.24, 2.45) is 0 Å². The van der Waals surface area contributed by atoms with Gasteiger partial charge in [-0.15, -0.1) is 0 Å². The third-order valence-corrected chi connectivity index (χ3v) is 3.83. The monoisotopic (exact) mass is 340 g/mol. The highest BCUT2D eigenvalue weighted by Gasteiger charge is 2.12. The standard InChI is InChI=1S/C18H16N2O5/c1-2-25-15-6-4-3-5-12(15)10-20-16(21)13-8-7-11(17(22)23)9-14(13)19-18(20)24/h3-9H,2,10H2,1H3,(H,19,24)(H,22,23). The molecule has 0 aliphatic carbocycles. The first-order chi connectivity index (χ1) is 12.0. The van der Waals surface area contributed by atoms with Gasteiger partial charge in [0.25, 0.3) is 5.56 Å². The molecule has 128 valence electrons. The quantitative estimate of drug-likeness (QED) is 0.738. The van der Waals surface area contributed by atoms with Gasteiger partial charge in [0.1, 0.15) is 5.75 Å². The van der Waals surface area contributed by atoms with Crippen molar-refractivity contribution in [3.8, 4) is 5.75 Å². The number of benzene rings is 2. The zero-order valence-electron chi connectivity index (χ0n) is 13.5. The summed E-state index contributed by atoms with van der Waals surface area (Å²) in [6.07, 6.45) is 0. The molecule has 3 aromatic rings. The Morgan fingerprint density at radius 3 is 2.68 bits per heavy atom. The number of para-hydroxylation sites is 1. The lowest BCUT2D eigenvalue weighted by molar-refractivity contribution is 0.0697. The van der Waals surface area contributed by atoms with Gasteiger partial charge in [-0.2, -0.15) is 0 Å². The van der Waals surface area contributed by atoms with Crippen LogP contribution in [0.25, 0.3) is 10.9 Å². The summed E-state index contributed by atoms with van der Waals surface area (Å²) >= 11 is 0. The highest BCUT2D eigenvalue weighted by Crippen LogP contribution is 2.18. The number of rotatable bonds is 5. The number of ether oxygens (including phenoxy) is 1. The Morgan fingerprint density at radius 2 is 1.96 bits per heavy atom. The molecular weight excluding hydrogens is 324 g/mol. The van der Waals surface area contributed by atoms with Crippen LogP contribution in [0.1, 0.15) is 22.8 Å². The van der Waals surface area contributed by atoms with E-state index in [1.165, 1.54) is 18.2 Å². The summed E-state index contributed by atoms with van der Waals surface area (Å²) < 4.78 is 6.60. The van der Waals surface area contributed by atoms with Crippen molar-refractivity contribution in [1.82, 2.24) is 9.55 Å². The molecule has 2 aromatic carbocycles. The molecule has 0 amide bonds. The highest BCUT2D eigenvalue weighted by atomic mass is 16.5. The van der Waals surface area contributed by atoms with Gasteiger partial charge in [-0.05, 0) is 31.2 Å². The van der Waals surface area contributed by atoms with Crippen LogP contribution >= 0.6 is 0 Å². The Bertz CT molecular complexity index is 1060. The van der Waals surface area contributed by atoms with Crippen LogP contribution < -0.4 is 16.0 Å². The maximum atomic E-state index is 12.7. The zero-order valence-corrected chi connectivity index (χ0v) is 13.5. The van der Waals surface area contributed by atoms with Gasteiger partial charge in [0.2, 0.25) is 0 Å². The van der Waals surface area contributed by atoms with Crippen LogP contribution in [-0.2, 0) is 6.54 Å². The summed E-state index contributed by atoms with van der Waals surface area (Å²) in [7, 11) is 0. The van der Waals surface area contributed by atoms with Crippen molar-refractivity contribution in [2.75, 3.05) is 6.61 Å². The summed E-state index contributed by atoms with van der Waals surface area (Å²) in [6, 6.07) is 11.2.